The molecule has 0 saturated carbocycles. The number of benzene rings is 2. The Morgan fingerprint density at radius 1 is 1.19 bits per heavy atom. The molecule has 3 amide bonds. The zero-order chi connectivity index (χ0) is 31.5. The van der Waals surface area contributed by atoms with Gasteiger partial charge in [0, 0.05) is 36.4 Å². The first-order chi connectivity index (χ1) is 20.3. The monoisotopic (exact) mass is 617 g/mol. The molecule has 1 aliphatic heterocycles. The number of likely N-dealkylation sites (N-methyl/N-ethyl adjacent to an activating group) is 1. The van der Waals surface area contributed by atoms with Crippen LogP contribution in [-0.4, -0.2) is 78.7 Å². The number of carbonyl (C=O) groups is 2. The Hall–Kier alpha value is -4.01. The molecule has 3 aromatic rings. The fraction of sp³-hybridized carbons (Fsp3) is 0.414. The summed E-state index contributed by atoms with van der Waals surface area (Å²) in [6.45, 7) is 6.56. The molecule has 2 aromatic carbocycles. The quantitative estimate of drug-likeness (QED) is 0.347. The van der Waals surface area contributed by atoms with Crippen LogP contribution in [0, 0.1) is 25.6 Å². The molecule has 1 aliphatic rings. The zero-order valence-electron chi connectivity index (χ0n) is 24.6. The van der Waals surface area contributed by atoms with Crippen molar-refractivity contribution in [2.75, 3.05) is 37.4 Å². The SMILES string of the molecule is Cc1noc(C)c1S(=O)(=O)N(C)C[C@@H]1Oc2ccc(NC(=O)Nc3ccc(F)cc3)cc2CC(=O)N([C@@H](C)CO)C[C@@H]1C. The third-order valence-corrected chi connectivity index (χ3v) is 9.42. The van der Waals surface area contributed by atoms with E-state index in [1.807, 2.05) is 6.92 Å². The number of nitrogens with zero attached hydrogens (tertiary/aromatic N) is 3. The van der Waals surface area contributed by atoms with Crippen LogP contribution >= 0.6 is 0 Å². The second-order valence-electron chi connectivity index (χ2n) is 10.7. The van der Waals surface area contributed by atoms with Crippen LogP contribution in [0.4, 0.5) is 20.6 Å². The minimum Gasteiger partial charge on any atom is -0.488 e. The molecule has 2 heterocycles. The van der Waals surface area contributed by atoms with Crippen LogP contribution < -0.4 is 15.4 Å². The smallest absolute Gasteiger partial charge is 0.323 e. The van der Waals surface area contributed by atoms with Gasteiger partial charge in [-0.3, -0.25) is 4.79 Å². The number of rotatable bonds is 8. The molecular weight excluding hydrogens is 581 g/mol. The minimum absolute atomic E-state index is 0.00791. The fourth-order valence-electron chi connectivity index (χ4n) is 4.90. The molecule has 3 atom stereocenters. The number of aromatic nitrogens is 1. The number of fused-ring (bicyclic) bond motifs is 1. The molecule has 0 saturated heterocycles. The maximum atomic E-state index is 13.5. The summed E-state index contributed by atoms with van der Waals surface area (Å²) in [6, 6.07) is 9.05. The summed E-state index contributed by atoms with van der Waals surface area (Å²) in [7, 11) is -2.54. The van der Waals surface area contributed by atoms with Gasteiger partial charge in [-0.25, -0.2) is 17.6 Å². The standard InChI is InChI=1S/C29H36FN5O7S/c1-17-14-35(18(2)16-36)27(37)13-21-12-24(32-29(38)31-23-8-6-22(30)7-9-23)10-11-25(21)41-26(17)15-34(5)43(39,40)28-19(3)33-42-20(28)4/h6-12,17-18,26,36H,13-16H2,1-5H3,(H2,31,32,38)/t17-,18-,26-/m0/s1. The number of amides is 3. The number of sulfonamides is 1. The van der Waals surface area contributed by atoms with Gasteiger partial charge in [-0.15, -0.1) is 0 Å². The first-order valence-electron chi connectivity index (χ1n) is 13.7. The van der Waals surface area contributed by atoms with E-state index in [0.717, 1.165) is 0 Å². The predicted octanol–water partition coefficient (Wildman–Crippen LogP) is 3.54. The van der Waals surface area contributed by atoms with Gasteiger partial charge in [0.1, 0.15) is 28.3 Å². The lowest BCUT2D eigenvalue weighted by atomic mass is 10.0. The van der Waals surface area contributed by atoms with Gasteiger partial charge in [-0.1, -0.05) is 12.1 Å². The summed E-state index contributed by atoms with van der Waals surface area (Å²) < 4.78 is 52.8. The van der Waals surface area contributed by atoms with Gasteiger partial charge in [-0.05, 0) is 63.2 Å². The van der Waals surface area contributed by atoms with Gasteiger partial charge in [0.25, 0.3) is 0 Å². The molecule has 0 unspecified atom stereocenters. The van der Waals surface area contributed by atoms with Crippen molar-refractivity contribution in [3.05, 3.63) is 65.3 Å². The van der Waals surface area contributed by atoms with Gasteiger partial charge in [0.15, 0.2) is 5.76 Å². The number of nitrogens with one attached hydrogen (secondary N) is 2. The minimum atomic E-state index is -3.98. The van der Waals surface area contributed by atoms with E-state index >= 15 is 0 Å². The third kappa shape index (κ3) is 7.32. The van der Waals surface area contributed by atoms with Crippen LogP contribution in [0.15, 0.2) is 51.9 Å². The highest BCUT2D eigenvalue weighted by molar-refractivity contribution is 7.89. The summed E-state index contributed by atoms with van der Waals surface area (Å²) in [5.41, 5.74) is 1.48. The molecule has 0 bridgehead atoms. The Morgan fingerprint density at radius 3 is 2.47 bits per heavy atom. The number of aliphatic hydroxyl groups excluding tert-OH is 1. The van der Waals surface area contributed by atoms with Crippen molar-refractivity contribution in [1.82, 2.24) is 14.4 Å². The number of aryl methyl sites for hydroxylation is 2. The summed E-state index contributed by atoms with van der Waals surface area (Å²) in [5.74, 6) is -0.501. The van der Waals surface area contributed by atoms with Crippen LogP contribution in [0.1, 0.15) is 30.9 Å². The van der Waals surface area contributed by atoms with Crippen molar-refractivity contribution in [3.8, 4) is 5.75 Å². The molecule has 232 valence electrons. The summed E-state index contributed by atoms with van der Waals surface area (Å²) >= 11 is 0. The molecule has 1 aromatic heterocycles. The Bertz CT molecular complexity index is 1560. The highest BCUT2D eigenvalue weighted by Gasteiger charge is 2.35. The van der Waals surface area contributed by atoms with Crippen LogP contribution in [0.25, 0.3) is 0 Å². The van der Waals surface area contributed by atoms with Crippen molar-refractivity contribution in [3.63, 3.8) is 0 Å². The number of halogens is 1. The van der Waals surface area contributed by atoms with Gasteiger partial charge < -0.3 is 29.9 Å². The predicted molar refractivity (Wildman–Crippen MR) is 157 cm³/mol. The number of hydrogen-bond donors (Lipinski definition) is 3. The van der Waals surface area contributed by atoms with E-state index in [4.69, 9.17) is 9.26 Å². The van der Waals surface area contributed by atoms with E-state index in [1.165, 1.54) is 42.5 Å². The van der Waals surface area contributed by atoms with Gasteiger partial charge in [-0.2, -0.15) is 4.31 Å². The molecule has 0 fully saturated rings. The van der Waals surface area contributed by atoms with E-state index in [1.54, 1.807) is 36.9 Å². The summed E-state index contributed by atoms with van der Waals surface area (Å²) in [5, 5.41) is 19.0. The van der Waals surface area contributed by atoms with Crippen LogP contribution in [0.2, 0.25) is 0 Å². The number of aliphatic hydroxyl groups is 1. The maximum Gasteiger partial charge on any atom is 0.323 e. The molecular formula is C29H36FN5O7S. The first kappa shape index (κ1) is 31.9. The Balaban J connectivity index is 1.62. The normalized spacial score (nSPS) is 18.2. The van der Waals surface area contributed by atoms with Gasteiger partial charge >= 0.3 is 6.03 Å². The largest absolute Gasteiger partial charge is 0.488 e. The summed E-state index contributed by atoms with van der Waals surface area (Å²) in [6.07, 6.45) is -0.777. The second-order valence-corrected chi connectivity index (χ2v) is 12.7. The van der Waals surface area contributed by atoms with Gasteiger partial charge in [0.2, 0.25) is 15.9 Å². The molecule has 0 radical (unpaired) electrons. The van der Waals surface area contributed by atoms with E-state index in [2.05, 4.69) is 15.8 Å². The lowest BCUT2D eigenvalue weighted by Gasteiger charge is -2.33. The highest BCUT2D eigenvalue weighted by Crippen LogP contribution is 2.30. The van der Waals surface area contributed by atoms with E-state index < -0.39 is 34.0 Å². The van der Waals surface area contributed by atoms with Crippen molar-refractivity contribution in [2.45, 2.75) is 51.2 Å². The average molecular weight is 618 g/mol. The van der Waals surface area contributed by atoms with Crippen LogP contribution in [0.3, 0.4) is 0 Å². The molecule has 0 aliphatic carbocycles. The van der Waals surface area contributed by atoms with E-state index in [-0.39, 0.29) is 54.3 Å². The average Bonchev–Trinajstić information content (AvgIpc) is 3.32. The summed E-state index contributed by atoms with van der Waals surface area (Å²) in [4.78, 5) is 27.6. The molecule has 14 heteroatoms. The van der Waals surface area contributed by atoms with E-state index in [0.29, 0.717) is 22.7 Å². The number of anilines is 2. The van der Waals surface area contributed by atoms with Crippen molar-refractivity contribution in [2.24, 2.45) is 5.92 Å². The number of urea groups is 1. The Kier molecular flexibility index (Phi) is 9.72. The third-order valence-electron chi connectivity index (χ3n) is 7.35. The van der Waals surface area contributed by atoms with E-state index in [9.17, 15) is 27.5 Å². The molecule has 43 heavy (non-hydrogen) atoms. The number of carbonyl (C=O) groups excluding carboxylic acids is 2. The van der Waals surface area contributed by atoms with Crippen molar-refractivity contribution in [1.29, 1.82) is 0 Å². The number of ether oxygens (including phenoxy) is 1. The molecule has 0 spiro atoms. The Morgan fingerprint density at radius 2 is 1.84 bits per heavy atom. The topological polar surface area (TPSA) is 154 Å². The molecule has 3 N–H and O–H groups in total. The van der Waals surface area contributed by atoms with Crippen molar-refractivity contribution >= 4 is 33.3 Å². The lowest BCUT2D eigenvalue weighted by Crippen LogP contribution is -2.48. The fourth-order valence-corrected chi connectivity index (χ4v) is 6.37. The number of hydrogen-bond acceptors (Lipinski definition) is 8. The highest BCUT2D eigenvalue weighted by atomic mass is 32.2. The molecule has 4 rings (SSSR count). The van der Waals surface area contributed by atoms with Crippen LogP contribution in [-0.2, 0) is 21.2 Å². The second kappa shape index (κ2) is 13.1. The first-order valence-corrected chi connectivity index (χ1v) is 15.2. The Labute approximate surface area is 249 Å². The maximum absolute atomic E-state index is 13.5. The zero-order valence-corrected chi connectivity index (χ0v) is 25.4. The molecule has 12 nitrogen and oxygen atoms in total. The lowest BCUT2D eigenvalue weighted by molar-refractivity contribution is -0.134. The van der Waals surface area contributed by atoms with Gasteiger partial charge in [0.05, 0.1) is 25.6 Å². The van der Waals surface area contributed by atoms with Crippen LogP contribution in [0.5, 0.6) is 5.75 Å². The van der Waals surface area contributed by atoms with Crippen molar-refractivity contribution < 1.29 is 36.8 Å².